The lowest BCUT2D eigenvalue weighted by Gasteiger charge is -2.30. The molecule has 0 radical (unpaired) electrons. The maximum absolute atomic E-state index is 11.4. The van der Waals surface area contributed by atoms with E-state index < -0.39 is 0 Å². The molecule has 2 aliphatic carbocycles. The molecule has 2 saturated heterocycles. The summed E-state index contributed by atoms with van der Waals surface area (Å²) < 4.78 is 0. The predicted octanol–water partition coefficient (Wildman–Crippen LogP) is 3.92. The molecule has 2 saturated carbocycles. The first kappa shape index (κ1) is 21.6. The van der Waals surface area contributed by atoms with Gasteiger partial charge in [0.05, 0.1) is 12.1 Å². The van der Waals surface area contributed by atoms with Crippen LogP contribution < -0.4 is 0 Å². The molecule has 4 nitrogen and oxygen atoms in total. The molecule has 26 heavy (non-hydrogen) atoms. The van der Waals surface area contributed by atoms with E-state index in [2.05, 4.69) is 23.9 Å². The summed E-state index contributed by atoms with van der Waals surface area (Å²) in [6.07, 6.45) is 11.7. The number of Topliss-reactive ketones (excluding diaryl/α,β-unsaturated/α-hetero) is 2. The molecule has 0 aromatic rings. The van der Waals surface area contributed by atoms with Crippen molar-refractivity contribution in [3.8, 4) is 0 Å². The van der Waals surface area contributed by atoms with Crippen molar-refractivity contribution in [2.75, 3.05) is 14.1 Å². The van der Waals surface area contributed by atoms with E-state index in [1.54, 1.807) is 13.8 Å². The van der Waals surface area contributed by atoms with E-state index in [-0.39, 0.29) is 19.5 Å². The molecular weight excluding hydrogens is 324 g/mol. The van der Waals surface area contributed by atoms with E-state index in [9.17, 15) is 9.59 Å². The van der Waals surface area contributed by atoms with Crippen LogP contribution in [0.4, 0.5) is 0 Å². The fraction of sp³-hybridized carbons (Fsp3) is 0.909. The SMILES string of the molecule is C.CC(=O)C1CC2CCCC2N1C.CC(=O)C1CC2CCCCC2N1C. The number of carbonyl (C=O) groups is 2. The maximum Gasteiger partial charge on any atom is 0.146 e. The molecule has 2 aliphatic heterocycles. The smallest absolute Gasteiger partial charge is 0.146 e. The predicted molar refractivity (Wildman–Crippen MR) is 107 cm³/mol. The third-order valence-electron chi connectivity index (χ3n) is 7.51. The molecule has 6 unspecified atom stereocenters. The van der Waals surface area contributed by atoms with Gasteiger partial charge in [0, 0.05) is 12.1 Å². The van der Waals surface area contributed by atoms with Crippen molar-refractivity contribution < 1.29 is 9.59 Å². The zero-order valence-corrected chi connectivity index (χ0v) is 16.5. The molecule has 0 N–H and O–H groups in total. The fourth-order valence-electron chi connectivity index (χ4n) is 6.10. The van der Waals surface area contributed by atoms with E-state index in [0.29, 0.717) is 17.6 Å². The van der Waals surface area contributed by atoms with Crippen LogP contribution in [0.15, 0.2) is 0 Å². The van der Waals surface area contributed by atoms with Gasteiger partial charge < -0.3 is 0 Å². The van der Waals surface area contributed by atoms with Gasteiger partial charge in [-0.3, -0.25) is 19.4 Å². The Morgan fingerprint density at radius 1 is 0.692 bits per heavy atom. The van der Waals surface area contributed by atoms with Crippen LogP contribution in [0.25, 0.3) is 0 Å². The molecule has 4 aliphatic rings. The second-order valence-corrected chi connectivity index (χ2v) is 8.93. The van der Waals surface area contributed by atoms with Gasteiger partial charge in [-0.2, -0.15) is 0 Å². The minimum absolute atomic E-state index is 0. The molecule has 0 spiro atoms. The van der Waals surface area contributed by atoms with Gasteiger partial charge in [0.25, 0.3) is 0 Å². The Morgan fingerprint density at radius 2 is 1.08 bits per heavy atom. The Labute approximate surface area is 160 Å². The molecular formula is C22H40N2O2. The maximum atomic E-state index is 11.4. The van der Waals surface area contributed by atoms with Gasteiger partial charge in [-0.25, -0.2) is 0 Å². The number of hydrogen-bond donors (Lipinski definition) is 0. The third-order valence-corrected chi connectivity index (χ3v) is 7.51. The second kappa shape index (κ2) is 8.97. The van der Waals surface area contributed by atoms with Gasteiger partial charge in [0.1, 0.15) is 11.6 Å². The van der Waals surface area contributed by atoms with Gasteiger partial charge in [0.2, 0.25) is 0 Å². The summed E-state index contributed by atoms with van der Waals surface area (Å²) in [5.74, 6) is 2.35. The standard InChI is InChI=1S/C11H19NO.C10H17NO.CH4/c1-8(13)11-7-9-5-3-4-6-10(9)12(11)2;1-7(12)10-6-8-4-3-5-9(8)11(10)2;/h9-11H,3-7H2,1-2H3;8-10H,3-6H2,1-2H3;1H4. The van der Waals surface area contributed by atoms with E-state index in [0.717, 1.165) is 30.7 Å². The lowest BCUT2D eigenvalue weighted by atomic mass is 9.84. The third kappa shape index (κ3) is 4.22. The van der Waals surface area contributed by atoms with Gasteiger partial charge in [-0.1, -0.05) is 26.7 Å². The molecule has 4 heteroatoms. The molecule has 0 aromatic carbocycles. The first-order chi connectivity index (χ1) is 11.9. The molecule has 0 bridgehead atoms. The molecule has 4 fully saturated rings. The number of likely N-dealkylation sites (N-methyl/N-ethyl adjacent to an activating group) is 2. The summed E-state index contributed by atoms with van der Waals surface area (Å²) in [4.78, 5) is 27.2. The highest BCUT2D eigenvalue weighted by molar-refractivity contribution is 5.82. The van der Waals surface area contributed by atoms with Crippen molar-refractivity contribution in [3.63, 3.8) is 0 Å². The van der Waals surface area contributed by atoms with E-state index >= 15 is 0 Å². The summed E-state index contributed by atoms with van der Waals surface area (Å²) in [6, 6.07) is 1.90. The topological polar surface area (TPSA) is 40.6 Å². The van der Waals surface area contributed by atoms with Crippen LogP contribution in [0, 0.1) is 11.8 Å². The van der Waals surface area contributed by atoms with E-state index in [4.69, 9.17) is 0 Å². The molecule has 4 rings (SSSR count). The first-order valence-electron chi connectivity index (χ1n) is 10.3. The summed E-state index contributed by atoms with van der Waals surface area (Å²) in [6.45, 7) is 3.46. The van der Waals surface area contributed by atoms with Crippen LogP contribution >= 0.6 is 0 Å². The quantitative estimate of drug-likeness (QED) is 0.744. The minimum Gasteiger partial charge on any atom is -0.298 e. The van der Waals surface area contributed by atoms with Crippen molar-refractivity contribution in [2.45, 2.75) is 103 Å². The van der Waals surface area contributed by atoms with Crippen molar-refractivity contribution in [1.82, 2.24) is 9.80 Å². The minimum atomic E-state index is 0. The highest BCUT2D eigenvalue weighted by atomic mass is 16.1. The summed E-state index contributed by atoms with van der Waals surface area (Å²) in [7, 11) is 4.24. The number of fused-ring (bicyclic) bond motifs is 2. The zero-order valence-electron chi connectivity index (χ0n) is 16.5. The van der Waals surface area contributed by atoms with Crippen LogP contribution in [0.1, 0.15) is 79.1 Å². The summed E-state index contributed by atoms with van der Waals surface area (Å²) in [5, 5.41) is 0. The average Bonchev–Trinajstić information content (AvgIpc) is 3.24. The Morgan fingerprint density at radius 3 is 1.50 bits per heavy atom. The van der Waals surface area contributed by atoms with Crippen molar-refractivity contribution >= 4 is 11.6 Å². The summed E-state index contributed by atoms with van der Waals surface area (Å²) in [5.41, 5.74) is 0. The van der Waals surface area contributed by atoms with Crippen LogP contribution in [0.3, 0.4) is 0 Å². The Bertz CT molecular complexity index is 506. The van der Waals surface area contributed by atoms with Gasteiger partial charge in [0.15, 0.2) is 0 Å². The van der Waals surface area contributed by atoms with E-state index in [1.165, 1.54) is 44.9 Å². The average molecular weight is 365 g/mol. The van der Waals surface area contributed by atoms with Gasteiger partial charge in [-0.15, -0.1) is 0 Å². The largest absolute Gasteiger partial charge is 0.298 e. The summed E-state index contributed by atoms with van der Waals surface area (Å²) >= 11 is 0. The Hall–Kier alpha value is -0.740. The highest BCUT2D eigenvalue weighted by Gasteiger charge is 2.43. The van der Waals surface area contributed by atoms with Crippen LogP contribution in [0.2, 0.25) is 0 Å². The van der Waals surface area contributed by atoms with Crippen LogP contribution in [-0.2, 0) is 9.59 Å². The number of nitrogens with zero attached hydrogens (tertiary/aromatic N) is 2. The Kier molecular flexibility index (Phi) is 7.43. The monoisotopic (exact) mass is 364 g/mol. The van der Waals surface area contributed by atoms with Gasteiger partial charge in [-0.05, 0) is 78.3 Å². The van der Waals surface area contributed by atoms with Crippen molar-refractivity contribution in [1.29, 1.82) is 0 Å². The number of carbonyl (C=O) groups excluding carboxylic acids is 2. The van der Waals surface area contributed by atoms with Crippen LogP contribution in [0.5, 0.6) is 0 Å². The first-order valence-corrected chi connectivity index (χ1v) is 10.3. The van der Waals surface area contributed by atoms with Crippen LogP contribution in [-0.4, -0.2) is 59.6 Å². The lowest BCUT2D eigenvalue weighted by Crippen LogP contribution is -2.38. The molecule has 6 atom stereocenters. The molecule has 150 valence electrons. The molecule has 2 heterocycles. The zero-order chi connectivity index (χ0) is 18.1. The number of rotatable bonds is 2. The Balaban J connectivity index is 0.000000180. The normalized spacial score (nSPS) is 39.4. The lowest BCUT2D eigenvalue weighted by molar-refractivity contribution is -0.122. The molecule has 0 amide bonds. The second-order valence-electron chi connectivity index (χ2n) is 8.93. The fourth-order valence-corrected chi connectivity index (χ4v) is 6.10. The molecule has 0 aromatic heterocycles. The van der Waals surface area contributed by atoms with Crippen molar-refractivity contribution in [3.05, 3.63) is 0 Å². The van der Waals surface area contributed by atoms with Crippen molar-refractivity contribution in [2.24, 2.45) is 11.8 Å². The number of likely N-dealkylation sites (tertiary alicyclic amines) is 2. The number of hydrogen-bond acceptors (Lipinski definition) is 4. The number of ketones is 2. The highest BCUT2D eigenvalue weighted by Crippen LogP contribution is 2.40. The van der Waals surface area contributed by atoms with E-state index in [1.807, 2.05) is 0 Å². The van der Waals surface area contributed by atoms with Gasteiger partial charge >= 0.3 is 0 Å².